The second-order valence-corrected chi connectivity index (χ2v) is 5.64. The lowest BCUT2D eigenvalue weighted by molar-refractivity contribution is -0.148. The number of esters is 1. The van der Waals surface area contributed by atoms with Crippen LogP contribution in [0.2, 0.25) is 0 Å². The highest BCUT2D eigenvalue weighted by atomic mass is 32.2. The fraction of sp³-hybridized carbons (Fsp3) is 0.267. The number of rotatable bonds is 4. The maximum atomic E-state index is 12.3. The Morgan fingerprint density at radius 3 is 2.65 bits per heavy atom. The number of benzene rings is 1. The van der Waals surface area contributed by atoms with Crippen molar-refractivity contribution in [3.63, 3.8) is 0 Å². The Kier molecular flexibility index (Phi) is 4.95. The lowest BCUT2D eigenvalue weighted by atomic mass is 10.1. The summed E-state index contributed by atoms with van der Waals surface area (Å²) in [5, 5.41) is 9.47. The molecule has 1 aliphatic heterocycles. The van der Waals surface area contributed by atoms with Crippen molar-refractivity contribution in [1.82, 2.24) is 4.90 Å². The quantitative estimate of drug-likeness (QED) is 0.663. The summed E-state index contributed by atoms with van der Waals surface area (Å²) in [7, 11) is 2.59. The molecule has 122 valence electrons. The molecule has 0 unspecified atom stereocenters. The number of phenolic OH excluding ortho intramolecular Hbond substituents is 1. The Bertz CT molecular complexity index is 699. The highest BCUT2D eigenvalue weighted by Gasteiger charge is 2.41. The molecule has 1 aromatic carbocycles. The number of nitrogens with zero attached hydrogens (tertiary/aromatic N) is 1. The van der Waals surface area contributed by atoms with E-state index in [0.717, 1.165) is 4.90 Å². The highest BCUT2D eigenvalue weighted by Crippen LogP contribution is 2.37. The van der Waals surface area contributed by atoms with E-state index in [1.807, 2.05) is 0 Å². The third-order valence-corrected chi connectivity index (χ3v) is 4.17. The summed E-state index contributed by atoms with van der Waals surface area (Å²) in [5.41, 5.74) is 0.334. The molecule has 1 aromatic rings. The van der Waals surface area contributed by atoms with Gasteiger partial charge in [-0.05, 0) is 30.8 Å². The molecule has 1 fully saturated rings. The Morgan fingerprint density at radius 1 is 1.35 bits per heavy atom. The van der Waals surface area contributed by atoms with Gasteiger partial charge in [-0.25, -0.2) is 4.79 Å². The summed E-state index contributed by atoms with van der Waals surface area (Å²) in [6.45, 7) is 1.41. The zero-order chi connectivity index (χ0) is 17.1. The number of aromatic hydroxyl groups is 1. The predicted octanol–water partition coefficient (Wildman–Crippen LogP) is 2.00. The lowest BCUT2D eigenvalue weighted by Gasteiger charge is -2.18. The van der Waals surface area contributed by atoms with E-state index < -0.39 is 23.2 Å². The van der Waals surface area contributed by atoms with E-state index >= 15 is 0 Å². The summed E-state index contributed by atoms with van der Waals surface area (Å²) < 4.78 is 9.55. The van der Waals surface area contributed by atoms with Gasteiger partial charge in [0, 0.05) is 5.56 Å². The van der Waals surface area contributed by atoms with Crippen molar-refractivity contribution in [3.8, 4) is 11.5 Å². The van der Waals surface area contributed by atoms with Crippen molar-refractivity contribution < 1.29 is 29.0 Å². The maximum absolute atomic E-state index is 12.3. The molecule has 0 spiro atoms. The predicted molar refractivity (Wildman–Crippen MR) is 83.9 cm³/mol. The molecular formula is C15H15NO6S. The fourth-order valence-electron chi connectivity index (χ4n) is 2.05. The molecule has 0 aromatic heterocycles. The van der Waals surface area contributed by atoms with Gasteiger partial charge in [-0.3, -0.25) is 14.5 Å². The molecule has 1 saturated heterocycles. The van der Waals surface area contributed by atoms with Crippen molar-refractivity contribution in [2.45, 2.75) is 13.0 Å². The Balaban J connectivity index is 2.34. The van der Waals surface area contributed by atoms with Crippen LogP contribution in [0.4, 0.5) is 4.79 Å². The van der Waals surface area contributed by atoms with Gasteiger partial charge >= 0.3 is 5.97 Å². The molecule has 0 bridgehead atoms. The summed E-state index contributed by atoms with van der Waals surface area (Å²) in [4.78, 5) is 36.8. The summed E-state index contributed by atoms with van der Waals surface area (Å²) in [6, 6.07) is 3.77. The molecule has 7 nitrogen and oxygen atoms in total. The van der Waals surface area contributed by atoms with E-state index in [-0.39, 0.29) is 16.4 Å². The van der Waals surface area contributed by atoms with E-state index in [0.29, 0.717) is 17.3 Å². The van der Waals surface area contributed by atoms with E-state index in [1.54, 1.807) is 18.2 Å². The van der Waals surface area contributed by atoms with Gasteiger partial charge in [-0.1, -0.05) is 12.1 Å². The first-order valence-electron chi connectivity index (χ1n) is 6.61. The van der Waals surface area contributed by atoms with Crippen LogP contribution in [0.3, 0.4) is 0 Å². The van der Waals surface area contributed by atoms with Crippen molar-refractivity contribution in [3.05, 3.63) is 28.7 Å². The van der Waals surface area contributed by atoms with Gasteiger partial charge in [-0.15, -0.1) is 0 Å². The summed E-state index contributed by atoms with van der Waals surface area (Å²) in [5.74, 6) is -1.18. The fourth-order valence-corrected chi connectivity index (χ4v) is 2.95. The molecule has 23 heavy (non-hydrogen) atoms. The largest absolute Gasteiger partial charge is 0.504 e. The number of carbonyl (C=O) groups excluding carboxylic acids is 3. The zero-order valence-electron chi connectivity index (χ0n) is 12.7. The molecule has 8 heteroatoms. The third kappa shape index (κ3) is 3.16. The number of carbonyl (C=O) groups is 3. The van der Waals surface area contributed by atoms with Crippen molar-refractivity contribution in [2.24, 2.45) is 0 Å². The number of thioether (sulfide) groups is 1. The molecule has 0 aliphatic carbocycles. The molecule has 1 atom stereocenters. The Hall–Kier alpha value is -2.48. The first kappa shape index (κ1) is 16.9. The van der Waals surface area contributed by atoms with Crippen molar-refractivity contribution >= 4 is 35.0 Å². The second kappa shape index (κ2) is 6.74. The van der Waals surface area contributed by atoms with Gasteiger partial charge in [0.05, 0.1) is 19.1 Å². The van der Waals surface area contributed by atoms with Crippen molar-refractivity contribution in [1.29, 1.82) is 0 Å². The Labute approximate surface area is 136 Å². The van der Waals surface area contributed by atoms with Crippen LogP contribution in [0.1, 0.15) is 12.5 Å². The number of hydrogen-bond donors (Lipinski definition) is 1. The zero-order valence-corrected chi connectivity index (χ0v) is 13.5. The van der Waals surface area contributed by atoms with E-state index in [4.69, 9.17) is 4.74 Å². The van der Waals surface area contributed by atoms with Gasteiger partial charge in [0.15, 0.2) is 11.5 Å². The van der Waals surface area contributed by atoms with Crippen LogP contribution in [-0.2, 0) is 14.3 Å². The normalized spacial score (nSPS) is 17.5. The molecule has 1 N–H and O–H groups in total. The summed E-state index contributed by atoms with van der Waals surface area (Å²) >= 11 is 0.694. The first-order valence-corrected chi connectivity index (χ1v) is 7.43. The van der Waals surface area contributed by atoms with E-state index in [1.165, 1.54) is 27.2 Å². The monoisotopic (exact) mass is 337 g/mol. The van der Waals surface area contributed by atoms with Gasteiger partial charge < -0.3 is 14.6 Å². The average Bonchev–Trinajstić information content (AvgIpc) is 2.82. The number of hydrogen-bond acceptors (Lipinski definition) is 7. The van der Waals surface area contributed by atoms with Crippen LogP contribution in [0.5, 0.6) is 11.5 Å². The number of para-hydroxylation sites is 1. The third-order valence-electron chi connectivity index (χ3n) is 3.29. The molecule has 1 heterocycles. The SMILES string of the molecule is COC(=O)[C@H](C)N1C(=O)S/C(=C\c2cccc(OC)c2O)C1=O. The maximum Gasteiger partial charge on any atom is 0.328 e. The van der Waals surface area contributed by atoms with Crippen LogP contribution in [0.15, 0.2) is 23.1 Å². The minimum Gasteiger partial charge on any atom is -0.504 e. The Morgan fingerprint density at radius 2 is 2.04 bits per heavy atom. The standard InChI is InChI=1S/C15H15NO6S/c1-8(14(19)22-3)16-13(18)11(23-15(16)20)7-9-5-4-6-10(21-2)12(9)17/h4-8,17H,1-3H3/b11-7-/t8-/m0/s1. The molecular weight excluding hydrogens is 322 g/mol. The average molecular weight is 337 g/mol. The topological polar surface area (TPSA) is 93.1 Å². The van der Waals surface area contributed by atoms with Crippen molar-refractivity contribution in [2.75, 3.05) is 14.2 Å². The molecule has 0 radical (unpaired) electrons. The van der Waals surface area contributed by atoms with Gasteiger partial charge in [0.1, 0.15) is 6.04 Å². The van der Waals surface area contributed by atoms with Gasteiger partial charge in [0.25, 0.3) is 11.1 Å². The number of imide groups is 1. The molecule has 2 amide bonds. The number of methoxy groups -OCH3 is 2. The first-order chi connectivity index (χ1) is 10.9. The van der Waals surface area contributed by atoms with Gasteiger partial charge in [0.2, 0.25) is 0 Å². The second-order valence-electron chi connectivity index (χ2n) is 4.65. The van der Waals surface area contributed by atoms with Crippen LogP contribution >= 0.6 is 11.8 Å². The van der Waals surface area contributed by atoms with E-state index in [9.17, 15) is 19.5 Å². The van der Waals surface area contributed by atoms with Crippen LogP contribution in [0, 0.1) is 0 Å². The molecule has 0 saturated carbocycles. The number of ether oxygens (including phenoxy) is 2. The number of phenols is 1. The molecule has 1 aliphatic rings. The minimum atomic E-state index is -1.02. The highest BCUT2D eigenvalue weighted by molar-refractivity contribution is 8.18. The molecule has 2 rings (SSSR count). The lowest BCUT2D eigenvalue weighted by Crippen LogP contribution is -2.42. The van der Waals surface area contributed by atoms with Crippen LogP contribution in [0.25, 0.3) is 6.08 Å². The van der Waals surface area contributed by atoms with E-state index in [2.05, 4.69) is 4.74 Å². The van der Waals surface area contributed by atoms with Crippen LogP contribution in [-0.4, -0.2) is 47.4 Å². The van der Waals surface area contributed by atoms with Crippen LogP contribution < -0.4 is 4.74 Å². The van der Waals surface area contributed by atoms with Gasteiger partial charge in [-0.2, -0.15) is 0 Å². The smallest absolute Gasteiger partial charge is 0.328 e. The summed E-state index contributed by atoms with van der Waals surface area (Å²) in [6.07, 6.45) is 1.38. The number of amides is 2. The minimum absolute atomic E-state index is 0.106.